The van der Waals surface area contributed by atoms with E-state index in [2.05, 4.69) is 5.32 Å². The summed E-state index contributed by atoms with van der Waals surface area (Å²) < 4.78 is 5.19. The van der Waals surface area contributed by atoms with Crippen LogP contribution >= 0.6 is 0 Å². The van der Waals surface area contributed by atoms with Crippen LogP contribution < -0.4 is 15.0 Å². The van der Waals surface area contributed by atoms with Gasteiger partial charge in [0.15, 0.2) is 0 Å². The molecule has 0 atom stereocenters. The molecule has 0 aliphatic carbocycles. The molecule has 0 unspecified atom stereocenters. The van der Waals surface area contributed by atoms with E-state index in [1.807, 2.05) is 29.2 Å². The van der Waals surface area contributed by atoms with Gasteiger partial charge in [0.05, 0.1) is 7.11 Å². The van der Waals surface area contributed by atoms with Crippen molar-refractivity contribution in [3.8, 4) is 5.75 Å². The molecule has 4 nitrogen and oxygen atoms in total. The zero-order valence-electron chi connectivity index (χ0n) is 10.1. The number of rotatable bonds is 2. The molecular formula is C13H18N2O2. The topological polar surface area (TPSA) is 41.6 Å². The van der Waals surface area contributed by atoms with E-state index in [4.69, 9.17) is 4.74 Å². The van der Waals surface area contributed by atoms with Crippen LogP contribution in [-0.4, -0.2) is 32.7 Å². The molecule has 0 aromatic heterocycles. The van der Waals surface area contributed by atoms with Gasteiger partial charge in [0.1, 0.15) is 5.75 Å². The number of benzene rings is 1. The Balaban J connectivity index is 2.19. The molecule has 0 spiro atoms. The van der Waals surface area contributed by atoms with Crippen LogP contribution in [0, 0.1) is 0 Å². The van der Waals surface area contributed by atoms with Crippen LogP contribution in [0.1, 0.15) is 12.8 Å². The maximum absolute atomic E-state index is 12.0. The van der Waals surface area contributed by atoms with E-state index in [9.17, 15) is 4.79 Å². The Morgan fingerprint density at radius 3 is 3.06 bits per heavy atom. The van der Waals surface area contributed by atoms with Crippen LogP contribution in [0.2, 0.25) is 0 Å². The number of ether oxygens (including phenoxy) is 1. The van der Waals surface area contributed by atoms with Crippen molar-refractivity contribution in [2.45, 2.75) is 12.8 Å². The van der Waals surface area contributed by atoms with Crippen LogP contribution in [-0.2, 0) is 4.79 Å². The molecule has 1 aliphatic heterocycles. The molecule has 1 saturated heterocycles. The first-order valence-electron chi connectivity index (χ1n) is 5.96. The van der Waals surface area contributed by atoms with E-state index >= 15 is 0 Å². The Morgan fingerprint density at radius 2 is 2.24 bits per heavy atom. The average Bonchev–Trinajstić information content (AvgIpc) is 2.34. The lowest BCUT2D eigenvalue weighted by Crippen LogP contribution is -2.38. The minimum absolute atomic E-state index is 0.172. The summed E-state index contributed by atoms with van der Waals surface area (Å²) in [6.45, 7) is 2.49. The van der Waals surface area contributed by atoms with Gasteiger partial charge in [0, 0.05) is 31.3 Å². The quantitative estimate of drug-likeness (QED) is 0.841. The molecule has 92 valence electrons. The summed E-state index contributed by atoms with van der Waals surface area (Å²) in [6.07, 6.45) is 1.53. The predicted molar refractivity (Wildman–Crippen MR) is 67.5 cm³/mol. The van der Waals surface area contributed by atoms with E-state index in [0.29, 0.717) is 6.42 Å². The number of carbonyl (C=O) groups excluding carboxylic acids is 1. The number of anilines is 1. The minimum atomic E-state index is 0.172. The van der Waals surface area contributed by atoms with E-state index in [0.717, 1.165) is 37.5 Å². The summed E-state index contributed by atoms with van der Waals surface area (Å²) >= 11 is 0. The molecule has 1 fully saturated rings. The molecule has 17 heavy (non-hydrogen) atoms. The summed E-state index contributed by atoms with van der Waals surface area (Å²) in [6, 6.07) is 7.67. The highest BCUT2D eigenvalue weighted by molar-refractivity contribution is 5.93. The highest BCUT2D eigenvalue weighted by Gasteiger charge is 2.17. The van der Waals surface area contributed by atoms with Crippen molar-refractivity contribution >= 4 is 11.6 Å². The molecular weight excluding hydrogens is 216 g/mol. The third-order valence-corrected chi connectivity index (χ3v) is 2.92. The van der Waals surface area contributed by atoms with Gasteiger partial charge in [-0.25, -0.2) is 0 Å². The van der Waals surface area contributed by atoms with Crippen LogP contribution in [0.5, 0.6) is 5.75 Å². The van der Waals surface area contributed by atoms with E-state index in [1.54, 1.807) is 7.11 Å². The molecule has 1 aliphatic rings. The average molecular weight is 234 g/mol. The number of amides is 1. The molecule has 4 heteroatoms. The second-order valence-corrected chi connectivity index (χ2v) is 4.10. The van der Waals surface area contributed by atoms with Gasteiger partial charge in [0.25, 0.3) is 0 Å². The number of nitrogens with one attached hydrogen (secondary N) is 1. The molecule has 0 radical (unpaired) electrons. The first-order valence-corrected chi connectivity index (χ1v) is 5.96. The van der Waals surface area contributed by atoms with Crippen LogP contribution in [0.25, 0.3) is 0 Å². The first-order chi connectivity index (χ1) is 8.31. The van der Waals surface area contributed by atoms with Crippen LogP contribution in [0.3, 0.4) is 0 Å². The smallest absolute Gasteiger partial charge is 0.228 e. The maximum Gasteiger partial charge on any atom is 0.228 e. The zero-order valence-corrected chi connectivity index (χ0v) is 10.1. The molecule has 1 aromatic rings. The van der Waals surface area contributed by atoms with Crippen molar-refractivity contribution in [3.63, 3.8) is 0 Å². The lowest BCUT2D eigenvalue weighted by molar-refractivity contribution is -0.118. The fraction of sp³-hybridized carbons (Fsp3) is 0.462. The van der Waals surface area contributed by atoms with Gasteiger partial charge in [-0.2, -0.15) is 0 Å². The highest BCUT2D eigenvalue weighted by Crippen LogP contribution is 2.22. The molecule has 1 aromatic carbocycles. The first kappa shape index (κ1) is 11.9. The fourth-order valence-electron chi connectivity index (χ4n) is 1.99. The number of carbonyl (C=O) groups is 1. The number of nitrogens with zero attached hydrogens (tertiary/aromatic N) is 1. The fourth-order valence-corrected chi connectivity index (χ4v) is 1.99. The minimum Gasteiger partial charge on any atom is -0.497 e. The molecule has 0 saturated carbocycles. The van der Waals surface area contributed by atoms with Crippen molar-refractivity contribution < 1.29 is 9.53 Å². The Labute approximate surface area is 102 Å². The standard InChI is InChI=1S/C13H18N2O2/c1-17-12-5-2-4-11(10-12)15-9-3-7-14-8-6-13(15)16/h2,4-5,10,14H,3,6-9H2,1H3. The van der Waals surface area contributed by atoms with Gasteiger partial charge in [-0.05, 0) is 25.1 Å². The van der Waals surface area contributed by atoms with E-state index in [-0.39, 0.29) is 5.91 Å². The predicted octanol–water partition coefficient (Wildman–Crippen LogP) is 1.41. The van der Waals surface area contributed by atoms with Gasteiger partial charge in [-0.15, -0.1) is 0 Å². The van der Waals surface area contributed by atoms with Gasteiger partial charge in [-0.3, -0.25) is 4.79 Å². The van der Waals surface area contributed by atoms with Crippen molar-refractivity contribution in [2.75, 3.05) is 31.6 Å². The molecule has 1 N–H and O–H groups in total. The summed E-state index contributed by atoms with van der Waals surface area (Å²) in [5.41, 5.74) is 0.927. The van der Waals surface area contributed by atoms with Gasteiger partial charge >= 0.3 is 0 Å². The molecule has 1 heterocycles. The van der Waals surface area contributed by atoms with Gasteiger partial charge in [0.2, 0.25) is 5.91 Å². The summed E-state index contributed by atoms with van der Waals surface area (Å²) in [5, 5.41) is 3.24. The van der Waals surface area contributed by atoms with E-state index < -0.39 is 0 Å². The van der Waals surface area contributed by atoms with Crippen molar-refractivity contribution in [1.29, 1.82) is 0 Å². The molecule has 0 bridgehead atoms. The Hall–Kier alpha value is -1.55. The monoisotopic (exact) mass is 234 g/mol. The normalized spacial score (nSPS) is 17.5. The van der Waals surface area contributed by atoms with Crippen molar-refractivity contribution in [3.05, 3.63) is 24.3 Å². The second-order valence-electron chi connectivity index (χ2n) is 4.10. The van der Waals surface area contributed by atoms with E-state index in [1.165, 1.54) is 0 Å². The Kier molecular flexibility index (Phi) is 3.98. The SMILES string of the molecule is COc1cccc(N2CCCNCCC2=O)c1. The second kappa shape index (κ2) is 5.68. The summed E-state index contributed by atoms with van der Waals surface area (Å²) in [5.74, 6) is 0.959. The molecule has 2 rings (SSSR count). The van der Waals surface area contributed by atoms with Crippen LogP contribution in [0.4, 0.5) is 5.69 Å². The lowest BCUT2D eigenvalue weighted by atomic mass is 10.2. The number of hydrogen-bond acceptors (Lipinski definition) is 3. The van der Waals surface area contributed by atoms with Crippen molar-refractivity contribution in [1.82, 2.24) is 5.32 Å². The third kappa shape index (κ3) is 2.97. The Bertz CT molecular complexity index is 393. The number of hydrogen-bond donors (Lipinski definition) is 1. The highest BCUT2D eigenvalue weighted by atomic mass is 16.5. The van der Waals surface area contributed by atoms with Gasteiger partial charge < -0.3 is 15.0 Å². The Morgan fingerprint density at radius 1 is 1.35 bits per heavy atom. The largest absolute Gasteiger partial charge is 0.497 e. The lowest BCUT2D eigenvalue weighted by Gasteiger charge is -2.25. The summed E-state index contributed by atoms with van der Waals surface area (Å²) in [4.78, 5) is 13.9. The summed E-state index contributed by atoms with van der Waals surface area (Å²) in [7, 11) is 1.64. The number of methoxy groups -OCH3 is 1. The zero-order chi connectivity index (χ0) is 12.1. The third-order valence-electron chi connectivity index (χ3n) is 2.92. The van der Waals surface area contributed by atoms with Crippen molar-refractivity contribution in [2.24, 2.45) is 0 Å². The van der Waals surface area contributed by atoms with Crippen LogP contribution in [0.15, 0.2) is 24.3 Å². The molecule has 1 amide bonds. The van der Waals surface area contributed by atoms with Gasteiger partial charge in [-0.1, -0.05) is 6.07 Å². The maximum atomic E-state index is 12.0.